The van der Waals surface area contributed by atoms with Crippen LogP contribution >= 0.6 is 0 Å². The highest BCUT2D eigenvalue weighted by Crippen LogP contribution is 2.59. The molecule has 0 aromatic rings. The zero-order chi connectivity index (χ0) is 14.7. The molecule has 2 fully saturated rings. The molecule has 2 aliphatic heterocycles. The highest BCUT2D eigenvalue weighted by atomic mass is 16.6. The average Bonchev–Trinajstić information content (AvgIpc) is 2.94. The van der Waals surface area contributed by atoms with Crippen LogP contribution in [-0.4, -0.2) is 29.3 Å². The van der Waals surface area contributed by atoms with Crippen molar-refractivity contribution >= 4 is 11.9 Å². The van der Waals surface area contributed by atoms with Crippen molar-refractivity contribution in [1.82, 2.24) is 0 Å². The van der Waals surface area contributed by atoms with E-state index in [1.165, 1.54) is 13.0 Å². The highest BCUT2D eigenvalue weighted by molar-refractivity contribution is 5.95. The largest absolute Gasteiger partial charge is 0.512 e. The van der Waals surface area contributed by atoms with Gasteiger partial charge in [0.05, 0.1) is 11.0 Å². The summed E-state index contributed by atoms with van der Waals surface area (Å²) in [6, 6.07) is 0. The highest BCUT2D eigenvalue weighted by Gasteiger charge is 2.66. The summed E-state index contributed by atoms with van der Waals surface area (Å²) in [5, 5.41) is 9.89. The van der Waals surface area contributed by atoms with Crippen LogP contribution < -0.4 is 0 Å². The number of hydrogen-bond donors (Lipinski definition) is 1. The minimum absolute atomic E-state index is 0.0637. The SMILES string of the molecule is C/C(O)=C1/C(=O)OC[C@@]1(C)[C@]12CC[C@@H](C)C1=CC(=O)O2. The summed E-state index contributed by atoms with van der Waals surface area (Å²) in [5.41, 5.74) is -0.532. The Balaban J connectivity index is 2.17. The average molecular weight is 278 g/mol. The number of carbonyl (C=O) groups excluding carboxylic acids is 2. The van der Waals surface area contributed by atoms with Crippen molar-refractivity contribution in [2.24, 2.45) is 11.3 Å². The van der Waals surface area contributed by atoms with Crippen LogP contribution in [0.5, 0.6) is 0 Å². The van der Waals surface area contributed by atoms with Gasteiger partial charge in [0.15, 0.2) is 0 Å². The predicted molar refractivity (Wildman–Crippen MR) is 69.7 cm³/mol. The molecule has 2 heterocycles. The van der Waals surface area contributed by atoms with Crippen LogP contribution in [0.4, 0.5) is 0 Å². The van der Waals surface area contributed by atoms with Gasteiger partial charge in [-0.05, 0) is 38.2 Å². The second-order valence-corrected chi connectivity index (χ2v) is 6.16. The van der Waals surface area contributed by atoms with Crippen molar-refractivity contribution in [1.29, 1.82) is 0 Å². The van der Waals surface area contributed by atoms with Gasteiger partial charge in [-0.25, -0.2) is 9.59 Å². The lowest BCUT2D eigenvalue weighted by atomic mass is 9.66. The van der Waals surface area contributed by atoms with Gasteiger partial charge in [-0.1, -0.05) is 6.92 Å². The zero-order valence-corrected chi connectivity index (χ0v) is 11.9. The van der Waals surface area contributed by atoms with E-state index in [1.54, 1.807) is 0 Å². The van der Waals surface area contributed by atoms with Crippen LogP contribution in [0.25, 0.3) is 0 Å². The van der Waals surface area contributed by atoms with Gasteiger partial charge < -0.3 is 14.6 Å². The Kier molecular flexibility index (Phi) is 2.56. The molecule has 1 N–H and O–H groups in total. The van der Waals surface area contributed by atoms with Crippen molar-refractivity contribution in [3.05, 3.63) is 23.0 Å². The fourth-order valence-electron chi connectivity index (χ4n) is 3.97. The Morgan fingerprint density at radius 1 is 1.45 bits per heavy atom. The second-order valence-electron chi connectivity index (χ2n) is 6.16. The van der Waals surface area contributed by atoms with Crippen LogP contribution in [0, 0.1) is 11.3 Å². The smallest absolute Gasteiger partial charge is 0.338 e. The number of hydrogen-bond acceptors (Lipinski definition) is 5. The lowest BCUT2D eigenvalue weighted by molar-refractivity contribution is -0.155. The molecule has 0 radical (unpaired) electrons. The van der Waals surface area contributed by atoms with Gasteiger partial charge in [-0.3, -0.25) is 0 Å². The number of cyclic esters (lactones) is 1. The number of fused-ring (bicyclic) bond motifs is 1. The Labute approximate surface area is 117 Å². The Morgan fingerprint density at radius 3 is 2.80 bits per heavy atom. The van der Waals surface area contributed by atoms with Gasteiger partial charge in [0.1, 0.15) is 18.0 Å². The molecule has 0 bridgehead atoms. The van der Waals surface area contributed by atoms with E-state index in [1.807, 2.05) is 13.8 Å². The number of aliphatic hydroxyl groups is 1. The molecule has 1 saturated carbocycles. The monoisotopic (exact) mass is 278 g/mol. The van der Waals surface area contributed by atoms with E-state index in [-0.39, 0.29) is 29.8 Å². The van der Waals surface area contributed by atoms with E-state index in [9.17, 15) is 14.7 Å². The van der Waals surface area contributed by atoms with Crippen LogP contribution in [-0.2, 0) is 19.1 Å². The Bertz CT molecular complexity index is 569. The van der Waals surface area contributed by atoms with E-state index in [4.69, 9.17) is 9.47 Å². The molecule has 3 atom stereocenters. The van der Waals surface area contributed by atoms with Crippen LogP contribution in [0.15, 0.2) is 23.0 Å². The standard InChI is InChI=1S/C15H18O5/c1-8-4-5-15(10(8)6-11(17)20-15)14(3)7-19-13(18)12(14)9(2)16/h6,8,16H,4-5,7H2,1-3H3/b12-9+/t8-,14-,15+/m1/s1. The number of esters is 2. The first-order valence-electron chi connectivity index (χ1n) is 6.84. The molecule has 5 heteroatoms. The van der Waals surface area contributed by atoms with Crippen molar-refractivity contribution in [3.8, 4) is 0 Å². The van der Waals surface area contributed by atoms with E-state index in [0.717, 1.165) is 12.0 Å². The quantitative estimate of drug-likeness (QED) is 0.451. The lowest BCUT2D eigenvalue weighted by Crippen LogP contribution is -2.48. The van der Waals surface area contributed by atoms with Gasteiger partial charge >= 0.3 is 11.9 Å². The molecule has 0 unspecified atom stereocenters. The first-order chi connectivity index (χ1) is 9.32. The molecule has 1 saturated heterocycles. The Morgan fingerprint density at radius 2 is 2.15 bits per heavy atom. The topological polar surface area (TPSA) is 72.8 Å². The van der Waals surface area contributed by atoms with Crippen molar-refractivity contribution in [2.45, 2.75) is 39.2 Å². The van der Waals surface area contributed by atoms with E-state index >= 15 is 0 Å². The van der Waals surface area contributed by atoms with Crippen molar-refractivity contribution in [3.63, 3.8) is 0 Å². The molecule has 0 amide bonds. The van der Waals surface area contributed by atoms with Crippen molar-refractivity contribution in [2.75, 3.05) is 6.61 Å². The van der Waals surface area contributed by atoms with Crippen molar-refractivity contribution < 1.29 is 24.2 Å². The zero-order valence-electron chi connectivity index (χ0n) is 11.9. The number of aliphatic hydroxyl groups excluding tert-OH is 1. The van der Waals surface area contributed by atoms with Crippen LogP contribution in [0.3, 0.4) is 0 Å². The van der Waals surface area contributed by atoms with Crippen LogP contribution in [0.1, 0.15) is 33.6 Å². The minimum Gasteiger partial charge on any atom is -0.512 e. The lowest BCUT2D eigenvalue weighted by Gasteiger charge is -2.40. The Hall–Kier alpha value is -1.78. The summed E-state index contributed by atoms with van der Waals surface area (Å²) < 4.78 is 10.8. The number of ether oxygens (including phenoxy) is 2. The summed E-state index contributed by atoms with van der Waals surface area (Å²) in [6.45, 7) is 5.47. The third-order valence-electron chi connectivity index (χ3n) is 4.98. The number of carbonyl (C=O) groups is 2. The number of rotatable bonds is 1. The molecule has 108 valence electrons. The number of allylic oxidation sites excluding steroid dienone is 1. The fraction of sp³-hybridized carbons (Fsp3) is 0.600. The minimum atomic E-state index is -0.852. The first kappa shape index (κ1) is 13.2. The van der Waals surface area contributed by atoms with E-state index in [2.05, 4.69) is 0 Å². The predicted octanol–water partition coefficient (Wildman–Crippen LogP) is 2.03. The third-order valence-corrected chi connectivity index (χ3v) is 4.98. The van der Waals surface area contributed by atoms with Gasteiger partial charge in [-0.2, -0.15) is 0 Å². The summed E-state index contributed by atoms with van der Waals surface area (Å²) in [7, 11) is 0. The molecule has 0 aromatic carbocycles. The van der Waals surface area contributed by atoms with E-state index in [0.29, 0.717) is 6.42 Å². The second kappa shape index (κ2) is 3.87. The maximum absolute atomic E-state index is 11.9. The molecule has 3 rings (SSSR count). The molecular formula is C15H18O5. The molecular weight excluding hydrogens is 260 g/mol. The first-order valence-corrected chi connectivity index (χ1v) is 6.84. The molecule has 20 heavy (non-hydrogen) atoms. The molecule has 5 nitrogen and oxygen atoms in total. The van der Waals surface area contributed by atoms with Gasteiger partial charge in [0, 0.05) is 6.08 Å². The summed E-state index contributed by atoms with van der Waals surface area (Å²) >= 11 is 0. The van der Waals surface area contributed by atoms with Gasteiger partial charge in [0.2, 0.25) is 0 Å². The van der Waals surface area contributed by atoms with E-state index < -0.39 is 17.0 Å². The molecule has 1 aliphatic carbocycles. The fourth-order valence-corrected chi connectivity index (χ4v) is 3.97. The maximum atomic E-state index is 11.9. The molecule has 0 aromatic heterocycles. The van der Waals surface area contributed by atoms with Gasteiger partial charge in [0.25, 0.3) is 0 Å². The summed E-state index contributed by atoms with van der Waals surface area (Å²) in [6.07, 6.45) is 3.08. The summed E-state index contributed by atoms with van der Waals surface area (Å²) in [4.78, 5) is 23.7. The third kappa shape index (κ3) is 1.38. The van der Waals surface area contributed by atoms with Gasteiger partial charge in [-0.15, -0.1) is 0 Å². The summed E-state index contributed by atoms with van der Waals surface area (Å²) in [5.74, 6) is -0.730. The van der Waals surface area contributed by atoms with Crippen LogP contribution in [0.2, 0.25) is 0 Å². The molecule has 0 spiro atoms. The maximum Gasteiger partial charge on any atom is 0.338 e. The molecule has 3 aliphatic rings. The normalized spacial score (nSPS) is 42.1.